The minimum absolute atomic E-state index is 0.207. The van der Waals surface area contributed by atoms with Crippen LogP contribution in [0.3, 0.4) is 0 Å². The van der Waals surface area contributed by atoms with Crippen LogP contribution < -0.4 is 21.3 Å². The molecule has 3 aromatic carbocycles. The van der Waals surface area contributed by atoms with Crippen molar-refractivity contribution < 1.29 is 14.3 Å². The van der Waals surface area contributed by atoms with Gasteiger partial charge in [0.05, 0.1) is 11.2 Å². The van der Waals surface area contributed by atoms with Crippen molar-refractivity contribution in [3.05, 3.63) is 94.0 Å². The molecule has 0 bridgehead atoms. The average Bonchev–Trinajstić information content (AvgIpc) is 3.40. The summed E-state index contributed by atoms with van der Waals surface area (Å²) in [5.41, 5.74) is 3.48. The summed E-state index contributed by atoms with van der Waals surface area (Å²) in [4.78, 5) is 39.4. The molecular weight excluding hydrogens is 610 g/mol. The molecule has 0 saturated heterocycles. The summed E-state index contributed by atoms with van der Waals surface area (Å²) in [6, 6.07) is 22.7. The number of thiazole rings is 1. The average molecular weight is 644 g/mol. The molecule has 2 aromatic heterocycles. The molecule has 0 atom stereocenters. The number of para-hydroxylation sites is 1. The van der Waals surface area contributed by atoms with Gasteiger partial charge < -0.3 is 26.0 Å². The summed E-state index contributed by atoms with van der Waals surface area (Å²) in [5.74, 6) is 0.914. The normalized spacial score (nSPS) is 11.2. The van der Waals surface area contributed by atoms with E-state index in [1.807, 2.05) is 88.4 Å². The van der Waals surface area contributed by atoms with Gasteiger partial charge in [-0.1, -0.05) is 48.0 Å². The van der Waals surface area contributed by atoms with E-state index in [-0.39, 0.29) is 5.91 Å². The van der Waals surface area contributed by atoms with E-state index in [1.165, 1.54) is 11.3 Å². The van der Waals surface area contributed by atoms with Gasteiger partial charge in [-0.05, 0) is 69.7 Å². The third-order valence-corrected chi connectivity index (χ3v) is 7.90. The van der Waals surface area contributed by atoms with E-state index in [2.05, 4.69) is 36.2 Å². The molecule has 12 heteroatoms. The summed E-state index contributed by atoms with van der Waals surface area (Å²) in [6.45, 7) is 8.59. The number of hydrogen-bond acceptors (Lipinski definition) is 9. The number of aromatic nitrogens is 3. The zero-order chi connectivity index (χ0) is 32.0. The maximum absolute atomic E-state index is 13.0. The molecule has 0 aliphatic rings. The van der Waals surface area contributed by atoms with E-state index in [0.717, 1.165) is 27.0 Å². The summed E-state index contributed by atoms with van der Waals surface area (Å²) in [7, 11) is 0. The fourth-order valence-corrected chi connectivity index (χ4v) is 5.44. The maximum atomic E-state index is 13.0. The van der Waals surface area contributed by atoms with E-state index in [4.69, 9.17) is 16.3 Å². The Hall–Kier alpha value is -4.74. The number of amides is 2. The Morgan fingerprint density at radius 3 is 2.36 bits per heavy atom. The number of anilines is 3. The number of benzene rings is 3. The number of nitrogens with zero attached hydrogens (tertiary/aromatic N) is 3. The largest absolute Gasteiger partial charge is 0.444 e. The Morgan fingerprint density at radius 2 is 1.62 bits per heavy atom. The maximum Gasteiger partial charge on any atom is 0.407 e. The molecule has 0 aliphatic carbocycles. The first kappa shape index (κ1) is 31.7. The summed E-state index contributed by atoms with van der Waals surface area (Å²) < 4.78 is 5.28. The molecule has 10 nitrogen and oxygen atoms in total. The van der Waals surface area contributed by atoms with Gasteiger partial charge in [-0.3, -0.25) is 4.79 Å². The Morgan fingerprint density at radius 1 is 0.889 bits per heavy atom. The number of ether oxygens (including phenoxy) is 1. The van der Waals surface area contributed by atoms with Crippen LogP contribution in [-0.4, -0.2) is 45.6 Å². The van der Waals surface area contributed by atoms with Crippen LogP contribution >= 0.6 is 22.9 Å². The number of fused-ring (bicyclic) bond motifs is 1. The molecule has 0 fully saturated rings. The lowest BCUT2D eigenvalue weighted by atomic mass is 10.2. The van der Waals surface area contributed by atoms with Crippen LogP contribution in [0.4, 0.5) is 22.2 Å². The van der Waals surface area contributed by atoms with Crippen molar-refractivity contribution in [1.29, 1.82) is 0 Å². The van der Waals surface area contributed by atoms with Crippen molar-refractivity contribution in [2.75, 3.05) is 29.0 Å². The second kappa shape index (κ2) is 13.9. The standard InChI is InChI=1S/C33H34ClN7O3S/c1-20-27(45-30(38-20)22-11-13-23(34)14-12-22)29(42)39-24-15-9-21(10-16-24)19-37-31-40-26-8-6-5-7-25(26)28(41-31)35-17-18-36-32(43)44-33(2,3)4/h5-16H,17-19H2,1-4H3,(H,36,43)(H,39,42)(H2,35,37,40,41). The summed E-state index contributed by atoms with van der Waals surface area (Å²) >= 11 is 7.35. The monoisotopic (exact) mass is 643 g/mol. The highest BCUT2D eigenvalue weighted by Gasteiger charge is 2.17. The van der Waals surface area contributed by atoms with Gasteiger partial charge >= 0.3 is 6.09 Å². The molecular formula is C33H34ClN7O3S. The van der Waals surface area contributed by atoms with Crippen LogP contribution in [0.5, 0.6) is 0 Å². The molecule has 2 amide bonds. The van der Waals surface area contributed by atoms with Gasteiger partial charge in [0.1, 0.15) is 21.3 Å². The van der Waals surface area contributed by atoms with Crippen LogP contribution in [0.2, 0.25) is 5.02 Å². The molecule has 0 aliphatic heterocycles. The molecule has 2 heterocycles. The van der Waals surface area contributed by atoms with E-state index < -0.39 is 11.7 Å². The number of nitrogens with one attached hydrogen (secondary N) is 4. The Labute approximate surface area is 270 Å². The number of rotatable bonds is 10. The second-order valence-electron chi connectivity index (χ2n) is 11.2. The fourth-order valence-electron chi connectivity index (χ4n) is 4.35. The van der Waals surface area contributed by atoms with E-state index in [1.54, 1.807) is 12.1 Å². The molecule has 0 radical (unpaired) electrons. The number of carbonyl (C=O) groups is 2. The third-order valence-electron chi connectivity index (χ3n) is 6.45. The van der Waals surface area contributed by atoms with Crippen LogP contribution in [-0.2, 0) is 11.3 Å². The molecule has 4 N–H and O–H groups in total. The predicted molar refractivity (Wildman–Crippen MR) is 181 cm³/mol. The number of aryl methyl sites for hydroxylation is 1. The molecule has 0 saturated carbocycles. The quantitative estimate of drug-likeness (QED) is 0.115. The minimum atomic E-state index is -0.556. The molecule has 0 unspecified atom stereocenters. The van der Waals surface area contributed by atoms with Crippen molar-refractivity contribution >= 4 is 63.3 Å². The van der Waals surface area contributed by atoms with Gasteiger partial charge in [0.25, 0.3) is 5.91 Å². The lowest BCUT2D eigenvalue weighted by molar-refractivity contribution is 0.0530. The van der Waals surface area contributed by atoms with E-state index in [9.17, 15) is 9.59 Å². The molecule has 0 spiro atoms. The van der Waals surface area contributed by atoms with E-state index >= 15 is 0 Å². The highest BCUT2D eigenvalue weighted by atomic mass is 35.5. The first-order chi connectivity index (χ1) is 21.5. The first-order valence-electron chi connectivity index (χ1n) is 14.4. The van der Waals surface area contributed by atoms with Gasteiger partial charge in [-0.25, -0.2) is 14.8 Å². The van der Waals surface area contributed by atoms with Gasteiger partial charge in [0.15, 0.2) is 0 Å². The van der Waals surface area contributed by atoms with Crippen molar-refractivity contribution in [1.82, 2.24) is 20.3 Å². The number of carbonyl (C=O) groups excluding carboxylic acids is 2. The van der Waals surface area contributed by atoms with Gasteiger partial charge in [-0.15, -0.1) is 11.3 Å². The van der Waals surface area contributed by atoms with Crippen molar-refractivity contribution in [3.8, 4) is 10.6 Å². The zero-order valence-electron chi connectivity index (χ0n) is 25.4. The SMILES string of the molecule is Cc1nc(-c2ccc(Cl)cc2)sc1C(=O)Nc1ccc(CNc2nc(NCCNC(=O)OC(C)(C)C)c3ccccc3n2)cc1. The fraction of sp³-hybridized carbons (Fsp3) is 0.242. The first-order valence-corrected chi connectivity index (χ1v) is 15.6. The molecule has 232 valence electrons. The van der Waals surface area contributed by atoms with Gasteiger partial charge in [0.2, 0.25) is 5.95 Å². The number of halogens is 1. The molecule has 5 rings (SSSR count). The lowest BCUT2D eigenvalue weighted by Gasteiger charge is -2.19. The number of alkyl carbamates (subject to hydrolysis) is 1. The third kappa shape index (κ3) is 8.68. The predicted octanol–water partition coefficient (Wildman–Crippen LogP) is 7.52. The minimum Gasteiger partial charge on any atom is -0.444 e. The van der Waals surface area contributed by atoms with Gasteiger partial charge in [0, 0.05) is 41.3 Å². The molecule has 5 aromatic rings. The van der Waals surface area contributed by atoms with Crippen molar-refractivity contribution in [2.24, 2.45) is 0 Å². The highest BCUT2D eigenvalue weighted by Crippen LogP contribution is 2.29. The number of hydrogen-bond donors (Lipinski definition) is 4. The van der Waals surface area contributed by atoms with Crippen LogP contribution in [0, 0.1) is 6.92 Å². The Kier molecular flexibility index (Phi) is 9.80. The molecule has 45 heavy (non-hydrogen) atoms. The highest BCUT2D eigenvalue weighted by molar-refractivity contribution is 7.17. The van der Waals surface area contributed by atoms with Crippen molar-refractivity contribution in [2.45, 2.75) is 39.8 Å². The Bertz CT molecular complexity index is 1800. The van der Waals surface area contributed by atoms with Crippen LogP contribution in [0.25, 0.3) is 21.5 Å². The smallest absolute Gasteiger partial charge is 0.407 e. The van der Waals surface area contributed by atoms with Gasteiger partial charge in [-0.2, -0.15) is 4.98 Å². The van der Waals surface area contributed by atoms with Crippen LogP contribution in [0.1, 0.15) is 41.7 Å². The zero-order valence-corrected chi connectivity index (χ0v) is 27.0. The topological polar surface area (TPSA) is 130 Å². The lowest BCUT2D eigenvalue weighted by Crippen LogP contribution is -2.35. The summed E-state index contributed by atoms with van der Waals surface area (Å²) in [6.07, 6.45) is -0.466. The Balaban J connectivity index is 1.18. The van der Waals surface area contributed by atoms with Crippen LogP contribution in [0.15, 0.2) is 72.8 Å². The second-order valence-corrected chi connectivity index (χ2v) is 12.6. The van der Waals surface area contributed by atoms with Crippen molar-refractivity contribution in [3.63, 3.8) is 0 Å². The summed E-state index contributed by atoms with van der Waals surface area (Å²) in [5, 5.41) is 14.6. The van der Waals surface area contributed by atoms with E-state index in [0.29, 0.717) is 52.7 Å².